The van der Waals surface area contributed by atoms with Crippen molar-refractivity contribution in [2.45, 2.75) is 27.2 Å². The van der Waals surface area contributed by atoms with Gasteiger partial charge in [0.2, 0.25) is 0 Å². The first-order chi connectivity index (χ1) is 7.61. The molecule has 0 aliphatic rings. The number of thiazole rings is 1. The first kappa shape index (κ1) is 11.6. The molecule has 0 saturated heterocycles. The van der Waals surface area contributed by atoms with Crippen LogP contribution in [0, 0.1) is 13.8 Å². The van der Waals surface area contributed by atoms with E-state index in [0.717, 1.165) is 12.1 Å². The number of nitrogens with zero attached hydrogens (tertiary/aromatic N) is 1. The molecular formula is C13H14ClNS. The third-order valence-electron chi connectivity index (χ3n) is 2.77. The largest absolute Gasteiger partial charge is 0.225 e. The maximum absolute atomic E-state index is 5.97. The van der Waals surface area contributed by atoms with Crippen molar-refractivity contribution in [3.05, 3.63) is 38.7 Å². The van der Waals surface area contributed by atoms with Gasteiger partial charge in [-0.15, -0.1) is 11.3 Å². The predicted octanol–water partition coefficient (Wildman–Crippen LogP) is 4.64. The van der Waals surface area contributed by atoms with Crippen LogP contribution in [0.25, 0.3) is 11.3 Å². The SMILES string of the molecule is CCc1sc(Cl)nc1-c1ccc(C)c(C)c1. The third kappa shape index (κ3) is 2.13. The highest BCUT2D eigenvalue weighted by Gasteiger charge is 2.10. The van der Waals surface area contributed by atoms with Crippen LogP contribution in [0.2, 0.25) is 4.47 Å². The molecular weight excluding hydrogens is 238 g/mol. The van der Waals surface area contributed by atoms with Crippen LogP contribution in [-0.4, -0.2) is 4.98 Å². The van der Waals surface area contributed by atoms with Crippen LogP contribution in [0.15, 0.2) is 18.2 Å². The Hall–Kier alpha value is -0.860. The number of hydrogen-bond acceptors (Lipinski definition) is 2. The molecule has 0 N–H and O–H groups in total. The summed E-state index contributed by atoms with van der Waals surface area (Å²) in [7, 11) is 0. The van der Waals surface area contributed by atoms with Crippen molar-refractivity contribution < 1.29 is 0 Å². The highest BCUT2D eigenvalue weighted by Crippen LogP contribution is 2.31. The summed E-state index contributed by atoms with van der Waals surface area (Å²) in [5.41, 5.74) is 4.82. The van der Waals surface area contributed by atoms with Crippen molar-refractivity contribution in [3.8, 4) is 11.3 Å². The van der Waals surface area contributed by atoms with E-state index in [4.69, 9.17) is 11.6 Å². The molecule has 2 aromatic rings. The van der Waals surface area contributed by atoms with E-state index in [-0.39, 0.29) is 0 Å². The zero-order valence-electron chi connectivity index (χ0n) is 9.67. The van der Waals surface area contributed by atoms with E-state index in [1.54, 1.807) is 11.3 Å². The summed E-state index contributed by atoms with van der Waals surface area (Å²) in [5, 5.41) is 0. The Bertz CT molecular complexity index is 517. The zero-order chi connectivity index (χ0) is 11.7. The molecule has 16 heavy (non-hydrogen) atoms. The van der Waals surface area contributed by atoms with E-state index in [2.05, 4.69) is 44.0 Å². The van der Waals surface area contributed by atoms with E-state index >= 15 is 0 Å². The molecule has 0 amide bonds. The van der Waals surface area contributed by atoms with Gasteiger partial charge in [-0.2, -0.15) is 0 Å². The Morgan fingerprint density at radius 1 is 1.25 bits per heavy atom. The molecule has 3 heteroatoms. The minimum absolute atomic E-state index is 0.630. The Morgan fingerprint density at radius 2 is 2.00 bits per heavy atom. The van der Waals surface area contributed by atoms with Gasteiger partial charge in [0.25, 0.3) is 0 Å². The lowest BCUT2D eigenvalue weighted by atomic mass is 10.0. The van der Waals surface area contributed by atoms with Crippen molar-refractivity contribution in [2.75, 3.05) is 0 Å². The van der Waals surface area contributed by atoms with E-state index < -0.39 is 0 Å². The molecule has 1 heterocycles. The van der Waals surface area contributed by atoms with Gasteiger partial charge >= 0.3 is 0 Å². The average molecular weight is 252 g/mol. The Kier molecular flexibility index (Phi) is 3.31. The fraction of sp³-hybridized carbons (Fsp3) is 0.308. The first-order valence-corrected chi connectivity index (χ1v) is 6.54. The average Bonchev–Trinajstić information content (AvgIpc) is 2.63. The Balaban J connectivity index is 2.53. The van der Waals surface area contributed by atoms with E-state index in [9.17, 15) is 0 Å². The monoisotopic (exact) mass is 251 g/mol. The molecule has 0 spiro atoms. The zero-order valence-corrected chi connectivity index (χ0v) is 11.2. The smallest absolute Gasteiger partial charge is 0.184 e. The standard InChI is InChI=1S/C13H14ClNS/c1-4-11-12(15-13(14)16-11)10-6-5-8(2)9(3)7-10/h5-7H,4H2,1-3H3. The quantitative estimate of drug-likeness (QED) is 0.758. The maximum Gasteiger partial charge on any atom is 0.184 e. The van der Waals surface area contributed by atoms with Crippen molar-refractivity contribution in [1.29, 1.82) is 0 Å². The maximum atomic E-state index is 5.97. The minimum Gasteiger partial charge on any atom is -0.225 e. The molecule has 0 fully saturated rings. The van der Waals surface area contributed by atoms with Gasteiger partial charge in [0.05, 0.1) is 5.69 Å². The predicted molar refractivity (Wildman–Crippen MR) is 71.4 cm³/mol. The second kappa shape index (κ2) is 4.56. The summed E-state index contributed by atoms with van der Waals surface area (Å²) in [5.74, 6) is 0. The van der Waals surface area contributed by atoms with Gasteiger partial charge in [-0.05, 0) is 37.5 Å². The highest BCUT2D eigenvalue weighted by atomic mass is 35.5. The molecule has 2 rings (SSSR count). The van der Waals surface area contributed by atoms with Crippen LogP contribution in [-0.2, 0) is 6.42 Å². The molecule has 1 nitrogen and oxygen atoms in total. The topological polar surface area (TPSA) is 12.9 Å². The minimum atomic E-state index is 0.630. The lowest BCUT2D eigenvalue weighted by molar-refractivity contribution is 1.17. The van der Waals surface area contributed by atoms with Crippen LogP contribution in [0.5, 0.6) is 0 Å². The van der Waals surface area contributed by atoms with Crippen molar-refractivity contribution >= 4 is 22.9 Å². The summed E-state index contributed by atoms with van der Waals surface area (Å²) in [6, 6.07) is 6.43. The van der Waals surface area contributed by atoms with E-state index in [1.807, 2.05) is 0 Å². The van der Waals surface area contributed by atoms with Crippen molar-refractivity contribution in [3.63, 3.8) is 0 Å². The molecule has 84 valence electrons. The normalized spacial score (nSPS) is 10.8. The molecule has 0 aliphatic carbocycles. The van der Waals surface area contributed by atoms with E-state index in [0.29, 0.717) is 4.47 Å². The molecule has 0 unspecified atom stereocenters. The Morgan fingerprint density at radius 3 is 2.62 bits per heavy atom. The van der Waals surface area contributed by atoms with Crippen molar-refractivity contribution in [2.24, 2.45) is 0 Å². The molecule has 0 radical (unpaired) electrons. The van der Waals surface area contributed by atoms with Gasteiger partial charge in [0.1, 0.15) is 0 Å². The van der Waals surface area contributed by atoms with E-state index in [1.165, 1.54) is 21.6 Å². The molecule has 1 aromatic heterocycles. The number of rotatable bonds is 2. The van der Waals surface area contributed by atoms with Crippen molar-refractivity contribution in [1.82, 2.24) is 4.98 Å². The van der Waals surface area contributed by atoms with Gasteiger partial charge < -0.3 is 0 Å². The van der Waals surface area contributed by atoms with Gasteiger partial charge in [0.15, 0.2) is 4.47 Å². The lowest BCUT2D eigenvalue weighted by Gasteiger charge is -2.04. The first-order valence-electron chi connectivity index (χ1n) is 5.34. The second-order valence-corrected chi connectivity index (χ2v) is 5.56. The van der Waals surface area contributed by atoms with Gasteiger partial charge in [-0.25, -0.2) is 4.98 Å². The summed E-state index contributed by atoms with van der Waals surface area (Å²) < 4.78 is 0.630. The summed E-state index contributed by atoms with van der Waals surface area (Å²) in [6.45, 7) is 6.38. The molecule has 0 saturated carbocycles. The van der Waals surface area contributed by atoms with Crippen LogP contribution >= 0.6 is 22.9 Å². The molecule has 1 aromatic carbocycles. The third-order valence-corrected chi connectivity index (χ3v) is 4.08. The summed E-state index contributed by atoms with van der Waals surface area (Å²) >= 11 is 7.55. The van der Waals surface area contributed by atoms with Gasteiger partial charge in [-0.3, -0.25) is 0 Å². The number of aromatic nitrogens is 1. The molecule has 0 bridgehead atoms. The number of aryl methyl sites for hydroxylation is 3. The fourth-order valence-corrected chi connectivity index (χ4v) is 2.79. The van der Waals surface area contributed by atoms with Gasteiger partial charge in [-0.1, -0.05) is 30.7 Å². The molecule has 0 atom stereocenters. The summed E-state index contributed by atoms with van der Waals surface area (Å²) in [4.78, 5) is 5.66. The Labute approximate surface area is 105 Å². The number of halogens is 1. The highest BCUT2D eigenvalue weighted by molar-refractivity contribution is 7.16. The second-order valence-electron chi connectivity index (χ2n) is 3.89. The number of benzene rings is 1. The lowest BCUT2D eigenvalue weighted by Crippen LogP contribution is -1.86. The van der Waals surface area contributed by atoms with Crippen LogP contribution in [0.3, 0.4) is 0 Å². The molecule has 0 aliphatic heterocycles. The fourth-order valence-electron chi connectivity index (χ4n) is 1.68. The van der Waals surface area contributed by atoms with Gasteiger partial charge in [0, 0.05) is 10.4 Å². The van der Waals surface area contributed by atoms with Crippen LogP contribution in [0.4, 0.5) is 0 Å². The van der Waals surface area contributed by atoms with Crippen LogP contribution < -0.4 is 0 Å². The summed E-state index contributed by atoms with van der Waals surface area (Å²) in [6.07, 6.45) is 0.979. The number of hydrogen-bond donors (Lipinski definition) is 0. The van der Waals surface area contributed by atoms with Crippen LogP contribution in [0.1, 0.15) is 22.9 Å².